The standard InChI is InChI=1S/C22H14Cl2N2O6/c23-14-7-5-13(6-8-14)20(27)12-32-22(29)17-3-1-2-4-19(17)25-21(28)16-10-9-15(26(30)31)11-18(16)24/h1-11H,12H2,(H,25,28). The molecule has 0 radical (unpaired) electrons. The van der Waals surface area contributed by atoms with Gasteiger partial charge in [-0.3, -0.25) is 19.7 Å². The Bertz CT molecular complexity index is 1210. The molecule has 0 bridgehead atoms. The minimum Gasteiger partial charge on any atom is -0.454 e. The quantitative estimate of drug-likeness (QED) is 0.219. The van der Waals surface area contributed by atoms with E-state index >= 15 is 0 Å². The molecule has 0 aromatic heterocycles. The lowest BCUT2D eigenvalue weighted by Gasteiger charge is -2.11. The van der Waals surface area contributed by atoms with Crippen LogP contribution in [0.3, 0.4) is 0 Å². The van der Waals surface area contributed by atoms with E-state index in [9.17, 15) is 24.5 Å². The molecule has 32 heavy (non-hydrogen) atoms. The minimum atomic E-state index is -0.821. The zero-order valence-corrected chi connectivity index (χ0v) is 17.7. The van der Waals surface area contributed by atoms with Crippen LogP contribution in [0.4, 0.5) is 11.4 Å². The molecule has 0 unspecified atom stereocenters. The highest BCUT2D eigenvalue weighted by Crippen LogP contribution is 2.24. The van der Waals surface area contributed by atoms with E-state index in [1.165, 1.54) is 30.3 Å². The van der Waals surface area contributed by atoms with Crippen LogP contribution in [0.1, 0.15) is 31.1 Å². The predicted octanol–water partition coefficient (Wildman–Crippen LogP) is 5.19. The monoisotopic (exact) mass is 472 g/mol. The second-order valence-corrected chi connectivity index (χ2v) is 7.27. The van der Waals surface area contributed by atoms with Gasteiger partial charge in [0.05, 0.1) is 26.8 Å². The Morgan fingerprint density at radius 2 is 1.62 bits per heavy atom. The Hall–Kier alpha value is -3.75. The molecule has 8 nitrogen and oxygen atoms in total. The number of amides is 1. The number of Topliss-reactive ketones (excluding diaryl/α,β-unsaturated/α-hetero) is 1. The number of nitrogens with zero attached hydrogens (tertiary/aromatic N) is 1. The Balaban J connectivity index is 1.72. The van der Waals surface area contributed by atoms with E-state index in [0.29, 0.717) is 10.6 Å². The van der Waals surface area contributed by atoms with E-state index in [2.05, 4.69) is 5.32 Å². The van der Waals surface area contributed by atoms with E-state index in [1.807, 2.05) is 0 Å². The number of nitrogens with one attached hydrogen (secondary N) is 1. The molecule has 3 rings (SSSR count). The lowest BCUT2D eigenvalue weighted by Crippen LogP contribution is -2.18. The number of nitro benzene ring substituents is 1. The second-order valence-electron chi connectivity index (χ2n) is 6.43. The Labute approximate surface area is 191 Å². The summed E-state index contributed by atoms with van der Waals surface area (Å²) in [5, 5.41) is 13.7. The molecular formula is C22H14Cl2N2O6. The molecule has 0 saturated heterocycles. The number of para-hydroxylation sites is 1. The molecule has 0 heterocycles. The summed E-state index contributed by atoms with van der Waals surface area (Å²) < 4.78 is 5.09. The summed E-state index contributed by atoms with van der Waals surface area (Å²) in [6.07, 6.45) is 0. The summed E-state index contributed by atoms with van der Waals surface area (Å²) in [4.78, 5) is 47.5. The van der Waals surface area contributed by atoms with E-state index in [-0.39, 0.29) is 27.5 Å². The molecule has 3 aromatic rings. The van der Waals surface area contributed by atoms with Crippen LogP contribution in [0.5, 0.6) is 0 Å². The third kappa shape index (κ3) is 5.48. The molecule has 0 aliphatic carbocycles. The molecule has 0 fully saturated rings. The topological polar surface area (TPSA) is 116 Å². The van der Waals surface area contributed by atoms with Gasteiger partial charge in [0, 0.05) is 22.7 Å². The normalized spacial score (nSPS) is 10.3. The number of rotatable bonds is 7. The molecule has 10 heteroatoms. The summed E-state index contributed by atoms with van der Waals surface area (Å²) in [5.74, 6) is -1.92. The third-order valence-electron chi connectivity index (χ3n) is 4.30. The van der Waals surface area contributed by atoms with Crippen molar-refractivity contribution in [3.8, 4) is 0 Å². The van der Waals surface area contributed by atoms with Crippen LogP contribution in [-0.4, -0.2) is 29.2 Å². The first-order valence-electron chi connectivity index (χ1n) is 9.06. The first kappa shape index (κ1) is 22.9. The number of ketones is 1. The average Bonchev–Trinajstić information content (AvgIpc) is 2.77. The number of non-ortho nitro benzene ring substituents is 1. The van der Waals surface area contributed by atoms with Gasteiger partial charge in [-0.25, -0.2) is 4.79 Å². The van der Waals surface area contributed by atoms with Gasteiger partial charge < -0.3 is 10.1 Å². The van der Waals surface area contributed by atoms with Crippen molar-refractivity contribution in [2.24, 2.45) is 0 Å². The van der Waals surface area contributed by atoms with Crippen molar-refractivity contribution < 1.29 is 24.0 Å². The van der Waals surface area contributed by atoms with Gasteiger partial charge in [0.2, 0.25) is 0 Å². The van der Waals surface area contributed by atoms with Crippen molar-refractivity contribution in [3.63, 3.8) is 0 Å². The minimum absolute atomic E-state index is 0.0154. The van der Waals surface area contributed by atoms with Gasteiger partial charge in [0.1, 0.15) is 0 Å². The molecule has 1 N–H and O–H groups in total. The third-order valence-corrected chi connectivity index (χ3v) is 4.87. The zero-order valence-electron chi connectivity index (χ0n) is 16.2. The molecule has 162 valence electrons. The first-order valence-corrected chi connectivity index (χ1v) is 9.82. The van der Waals surface area contributed by atoms with Crippen LogP contribution in [-0.2, 0) is 4.74 Å². The molecule has 3 aromatic carbocycles. The van der Waals surface area contributed by atoms with Crippen molar-refractivity contribution >= 4 is 52.2 Å². The summed E-state index contributed by atoms with van der Waals surface area (Å²) in [5.41, 5.74) is 0.189. The number of anilines is 1. The predicted molar refractivity (Wildman–Crippen MR) is 119 cm³/mol. The number of hydrogen-bond acceptors (Lipinski definition) is 6. The Morgan fingerprint density at radius 1 is 0.938 bits per heavy atom. The van der Waals surface area contributed by atoms with Gasteiger partial charge in [-0.15, -0.1) is 0 Å². The van der Waals surface area contributed by atoms with Gasteiger partial charge in [-0.2, -0.15) is 0 Å². The zero-order chi connectivity index (χ0) is 23.3. The number of carbonyl (C=O) groups excluding carboxylic acids is 3. The van der Waals surface area contributed by atoms with Crippen molar-refractivity contribution in [2.75, 3.05) is 11.9 Å². The van der Waals surface area contributed by atoms with E-state index in [1.54, 1.807) is 24.3 Å². The van der Waals surface area contributed by atoms with Crippen LogP contribution in [0.15, 0.2) is 66.7 Å². The lowest BCUT2D eigenvalue weighted by atomic mass is 10.1. The van der Waals surface area contributed by atoms with Crippen LogP contribution in [0.2, 0.25) is 10.0 Å². The van der Waals surface area contributed by atoms with Crippen molar-refractivity contribution in [3.05, 3.63) is 104 Å². The van der Waals surface area contributed by atoms with Crippen LogP contribution in [0.25, 0.3) is 0 Å². The number of nitro groups is 1. The molecular weight excluding hydrogens is 459 g/mol. The van der Waals surface area contributed by atoms with E-state index < -0.39 is 29.2 Å². The highest BCUT2D eigenvalue weighted by atomic mass is 35.5. The molecule has 0 aliphatic rings. The van der Waals surface area contributed by atoms with Crippen LogP contribution >= 0.6 is 23.2 Å². The van der Waals surface area contributed by atoms with Crippen molar-refractivity contribution in [2.45, 2.75) is 0 Å². The molecule has 1 amide bonds. The molecule has 0 saturated carbocycles. The van der Waals surface area contributed by atoms with Gasteiger partial charge >= 0.3 is 5.97 Å². The molecule has 0 aliphatic heterocycles. The largest absolute Gasteiger partial charge is 0.454 e. The number of ether oxygens (including phenoxy) is 1. The van der Waals surface area contributed by atoms with Gasteiger partial charge in [0.25, 0.3) is 11.6 Å². The van der Waals surface area contributed by atoms with E-state index in [0.717, 1.165) is 12.1 Å². The Kier molecular flexibility index (Phi) is 7.19. The fourth-order valence-electron chi connectivity index (χ4n) is 2.69. The summed E-state index contributed by atoms with van der Waals surface area (Å²) in [6.45, 7) is -0.503. The van der Waals surface area contributed by atoms with Crippen LogP contribution in [0, 0.1) is 10.1 Å². The second kappa shape index (κ2) is 10.0. The molecule has 0 spiro atoms. The van der Waals surface area contributed by atoms with Gasteiger partial charge in [-0.05, 0) is 42.5 Å². The van der Waals surface area contributed by atoms with Gasteiger partial charge in [0.15, 0.2) is 12.4 Å². The maximum atomic E-state index is 12.6. The van der Waals surface area contributed by atoms with Crippen molar-refractivity contribution in [1.82, 2.24) is 0 Å². The van der Waals surface area contributed by atoms with Crippen LogP contribution < -0.4 is 5.32 Å². The maximum absolute atomic E-state index is 12.6. The highest BCUT2D eigenvalue weighted by Gasteiger charge is 2.19. The molecule has 0 atom stereocenters. The number of hydrogen-bond donors (Lipinski definition) is 1. The Morgan fingerprint density at radius 3 is 2.28 bits per heavy atom. The number of halogens is 2. The van der Waals surface area contributed by atoms with Crippen molar-refractivity contribution in [1.29, 1.82) is 0 Å². The summed E-state index contributed by atoms with van der Waals surface area (Å²) in [7, 11) is 0. The maximum Gasteiger partial charge on any atom is 0.340 e. The number of carbonyl (C=O) groups is 3. The first-order chi connectivity index (χ1) is 15.3. The number of benzene rings is 3. The van der Waals surface area contributed by atoms with Gasteiger partial charge in [-0.1, -0.05) is 35.3 Å². The smallest absolute Gasteiger partial charge is 0.340 e. The SMILES string of the molecule is O=C(COC(=O)c1ccccc1NC(=O)c1ccc([N+](=O)[O-])cc1Cl)c1ccc(Cl)cc1. The highest BCUT2D eigenvalue weighted by molar-refractivity contribution is 6.34. The number of esters is 1. The summed E-state index contributed by atoms with van der Waals surface area (Å²) >= 11 is 11.8. The lowest BCUT2D eigenvalue weighted by molar-refractivity contribution is -0.384. The summed E-state index contributed by atoms with van der Waals surface area (Å²) in [6, 6.07) is 15.6. The fraction of sp³-hybridized carbons (Fsp3) is 0.0455. The average molecular weight is 473 g/mol. The fourth-order valence-corrected chi connectivity index (χ4v) is 3.08. The van der Waals surface area contributed by atoms with E-state index in [4.69, 9.17) is 27.9 Å².